The SMILES string of the molecule is C.C=C(C)OC(=O)N1CC2CNC(=O)CC2C1.CC.[HH]. The predicted octanol–water partition coefficient (Wildman–Crippen LogP) is 2.63. The summed E-state index contributed by atoms with van der Waals surface area (Å²) in [5.41, 5.74) is 0. The zero-order valence-corrected chi connectivity index (χ0v) is 11.4. The second-order valence-electron chi connectivity index (χ2n) is 4.50. The number of carbonyl (C=O) groups excluding carboxylic acids is 2. The first kappa shape index (κ1) is 17.5. The average Bonchev–Trinajstić information content (AvgIpc) is 2.73. The summed E-state index contributed by atoms with van der Waals surface area (Å²) >= 11 is 0. The molecule has 0 bridgehead atoms. The molecule has 112 valence electrons. The lowest BCUT2D eigenvalue weighted by molar-refractivity contribution is -0.124. The van der Waals surface area contributed by atoms with E-state index in [0.717, 1.165) is 0 Å². The average molecular weight is 272 g/mol. The quantitative estimate of drug-likeness (QED) is 0.746. The van der Waals surface area contributed by atoms with Crippen LogP contribution in [0.2, 0.25) is 0 Å². The molecule has 5 heteroatoms. The van der Waals surface area contributed by atoms with Gasteiger partial charge in [0.15, 0.2) is 0 Å². The van der Waals surface area contributed by atoms with Crippen LogP contribution < -0.4 is 5.32 Å². The fourth-order valence-electron chi connectivity index (χ4n) is 2.32. The highest BCUT2D eigenvalue weighted by Crippen LogP contribution is 2.28. The van der Waals surface area contributed by atoms with E-state index in [-0.39, 0.29) is 26.8 Å². The molecule has 2 unspecified atom stereocenters. The smallest absolute Gasteiger partial charge is 0.414 e. The predicted molar refractivity (Wildman–Crippen MR) is 77.7 cm³/mol. The van der Waals surface area contributed by atoms with Crippen molar-refractivity contribution in [2.24, 2.45) is 11.8 Å². The molecule has 0 aromatic carbocycles. The number of amides is 2. The molecule has 1 N–H and O–H groups in total. The molecule has 0 spiro atoms. The first-order valence-corrected chi connectivity index (χ1v) is 6.45. The number of piperidine rings is 1. The van der Waals surface area contributed by atoms with Gasteiger partial charge in [-0.3, -0.25) is 4.79 Å². The molecule has 2 aliphatic heterocycles. The van der Waals surface area contributed by atoms with Gasteiger partial charge in [0.1, 0.15) is 0 Å². The molecule has 2 heterocycles. The third-order valence-corrected chi connectivity index (χ3v) is 3.11. The molecule has 0 radical (unpaired) electrons. The van der Waals surface area contributed by atoms with Crippen LogP contribution in [0.1, 0.15) is 36.0 Å². The zero-order valence-electron chi connectivity index (χ0n) is 11.4. The van der Waals surface area contributed by atoms with Crippen molar-refractivity contribution in [3.8, 4) is 0 Å². The van der Waals surface area contributed by atoms with Crippen molar-refractivity contribution in [2.45, 2.75) is 34.6 Å². The molecule has 0 saturated carbocycles. The first-order chi connectivity index (χ1) is 8.56. The maximum absolute atomic E-state index is 11.6. The fourth-order valence-corrected chi connectivity index (χ4v) is 2.32. The zero-order chi connectivity index (χ0) is 13.7. The molecule has 0 aliphatic carbocycles. The van der Waals surface area contributed by atoms with E-state index in [1.165, 1.54) is 0 Å². The maximum Gasteiger partial charge on any atom is 0.414 e. The first-order valence-electron chi connectivity index (χ1n) is 6.45. The summed E-state index contributed by atoms with van der Waals surface area (Å²) in [6.07, 6.45) is 0.163. The molecular weight excluding hydrogens is 244 g/mol. The van der Waals surface area contributed by atoms with Gasteiger partial charge in [-0.05, 0) is 18.8 Å². The number of ether oxygens (including phenoxy) is 1. The Morgan fingerprint density at radius 3 is 2.58 bits per heavy atom. The summed E-state index contributed by atoms with van der Waals surface area (Å²) in [4.78, 5) is 24.5. The highest BCUT2D eigenvalue weighted by Gasteiger charge is 2.39. The number of carbonyl (C=O) groups is 2. The van der Waals surface area contributed by atoms with Gasteiger partial charge in [0.25, 0.3) is 0 Å². The van der Waals surface area contributed by atoms with E-state index in [2.05, 4.69) is 11.9 Å². The normalized spacial score (nSPS) is 24.2. The Balaban J connectivity index is 0. The monoisotopic (exact) mass is 272 g/mol. The van der Waals surface area contributed by atoms with Gasteiger partial charge in [0.2, 0.25) is 5.91 Å². The molecule has 2 atom stereocenters. The lowest BCUT2D eigenvalue weighted by atomic mass is 9.89. The van der Waals surface area contributed by atoms with Crippen LogP contribution in [-0.2, 0) is 9.53 Å². The molecule has 0 aromatic heterocycles. The van der Waals surface area contributed by atoms with Gasteiger partial charge in [-0.1, -0.05) is 27.9 Å². The van der Waals surface area contributed by atoms with E-state index in [4.69, 9.17) is 4.74 Å². The number of rotatable bonds is 1. The second-order valence-corrected chi connectivity index (χ2v) is 4.50. The summed E-state index contributed by atoms with van der Waals surface area (Å²) < 4.78 is 4.95. The molecular formula is C14H28N2O3. The third-order valence-electron chi connectivity index (χ3n) is 3.11. The van der Waals surface area contributed by atoms with Crippen molar-refractivity contribution in [2.75, 3.05) is 19.6 Å². The summed E-state index contributed by atoms with van der Waals surface area (Å²) in [6.45, 7) is 11.1. The lowest BCUT2D eigenvalue weighted by Gasteiger charge is -2.23. The Hall–Kier alpha value is -1.52. The second kappa shape index (κ2) is 7.81. The topological polar surface area (TPSA) is 58.6 Å². The van der Waals surface area contributed by atoms with E-state index in [0.29, 0.717) is 37.7 Å². The number of nitrogens with zero attached hydrogens (tertiary/aromatic N) is 1. The van der Waals surface area contributed by atoms with Crippen LogP contribution in [0.15, 0.2) is 12.3 Å². The summed E-state index contributed by atoms with van der Waals surface area (Å²) in [5.74, 6) is 1.13. The molecule has 2 fully saturated rings. The van der Waals surface area contributed by atoms with Gasteiger partial charge >= 0.3 is 6.09 Å². The number of fused-ring (bicyclic) bond motifs is 1. The Labute approximate surface area is 117 Å². The maximum atomic E-state index is 11.6. The van der Waals surface area contributed by atoms with Crippen LogP contribution >= 0.6 is 0 Å². The van der Waals surface area contributed by atoms with E-state index in [1.54, 1.807) is 11.8 Å². The summed E-state index contributed by atoms with van der Waals surface area (Å²) in [6, 6.07) is 0. The number of likely N-dealkylation sites (tertiary alicyclic amines) is 1. The Morgan fingerprint density at radius 1 is 1.42 bits per heavy atom. The molecule has 2 aliphatic rings. The molecule has 2 amide bonds. The third kappa shape index (κ3) is 4.58. The van der Waals surface area contributed by atoms with Gasteiger partial charge < -0.3 is 15.0 Å². The summed E-state index contributed by atoms with van der Waals surface area (Å²) in [5, 5.41) is 2.82. The Morgan fingerprint density at radius 2 is 2.00 bits per heavy atom. The van der Waals surface area contributed by atoms with Crippen LogP contribution in [0.3, 0.4) is 0 Å². The molecule has 0 aromatic rings. The van der Waals surface area contributed by atoms with Crippen LogP contribution in [0, 0.1) is 11.8 Å². The highest BCUT2D eigenvalue weighted by molar-refractivity contribution is 5.77. The highest BCUT2D eigenvalue weighted by atomic mass is 16.6. The van der Waals surface area contributed by atoms with Crippen molar-refractivity contribution >= 4 is 12.0 Å². The van der Waals surface area contributed by atoms with Gasteiger partial charge in [-0.25, -0.2) is 4.79 Å². The number of hydrogen-bond donors (Lipinski definition) is 1. The van der Waals surface area contributed by atoms with Crippen molar-refractivity contribution in [3.05, 3.63) is 12.3 Å². The largest absolute Gasteiger partial charge is 0.416 e. The number of hydrogen-bond acceptors (Lipinski definition) is 3. The Kier molecular flexibility index (Phi) is 7.19. The van der Waals surface area contributed by atoms with E-state index >= 15 is 0 Å². The summed E-state index contributed by atoms with van der Waals surface area (Å²) in [7, 11) is 0. The van der Waals surface area contributed by atoms with Crippen LogP contribution in [0.4, 0.5) is 4.79 Å². The molecule has 2 rings (SSSR count). The van der Waals surface area contributed by atoms with Crippen molar-refractivity contribution in [1.82, 2.24) is 10.2 Å². The van der Waals surface area contributed by atoms with E-state index in [9.17, 15) is 9.59 Å². The minimum Gasteiger partial charge on any atom is -0.416 e. The van der Waals surface area contributed by atoms with E-state index < -0.39 is 0 Å². The van der Waals surface area contributed by atoms with Crippen LogP contribution in [0.5, 0.6) is 0 Å². The van der Waals surface area contributed by atoms with Gasteiger partial charge in [0.05, 0.1) is 5.76 Å². The molecule has 5 nitrogen and oxygen atoms in total. The van der Waals surface area contributed by atoms with Gasteiger partial charge in [-0.2, -0.15) is 0 Å². The lowest BCUT2D eigenvalue weighted by Crippen LogP contribution is -2.40. The Bertz CT molecular complexity index is 347. The molecule has 2 saturated heterocycles. The van der Waals surface area contributed by atoms with E-state index in [1.807, 2.05) is 13.8 Å². The molecule has 19 heavy (non-hydrogen) atoms. The fraction of sp³-hybridized carbons (Fsp3) is 0.714. The van der Waals surface area contributed by atoms with Crippen molar-refractivity contribution < 1.29 is 15.8 Å². The minimum absolute atomic E-state index is 0. The van der Waals surface area contributed by atoms with Crippen molar-refractivity contribution in [3.63, 3.8) is 0 Å². The van der Waals surface area contributed by atoms with Crippen LogP contribution in [-0.4, -0.2) is 36.5 Å². The number of nitrogens with one attached hydrogen (secondary N) is 1. The van der Waals surface area contributed by atoms with Crippen LogP contribution in [0.25, 0.3) is 0 Å². The van der Waals surface area contributed by atoms with Gasteiger partial charge in [-0.15, -0.1) is 0 Å². The van der Waals surface area contributed by atoms with Crippen molar-refractivity contribution in [1.29, 1.82) is 0 Å². The van der Waals surface area contributed by atoms with Gasteiger partial charge in [0, 0.05) is 27.5 Å². The minimum atomic E-state index is -0.352. The number of allylic oxidation sites excluding steroid dienone is 1. The standard InChI is InChI=1S/C11H16N2O3.C2H6.CH4.H2/c1-7(2)16-11(15)13-5-8-3-10(14)12-4-9(8)6-13;1-2;;/h8-9H,1,3-6H2,2H3,(H,12,14);1-2H3;1H4;1H.